The van der Waals surface area contributed by atoms with Crippen LogP contribution in [0.15, 0.2) is 12.1 Å². The molecular formula is C11H16OS. The van der Waals surface area contributed by atoms with E-state index in [-0.39, 0.29) is 0 Å². The molecule has 1 rings (SSSR count). The van der Waals surface area contributed by atoms with Crippen molar-refractivity contribution in [1.82, 2.24) is 0 Å². The molecule has 0 aliphatic carbocycles. The van der Waals surface area contributed by atoms with E-state index in [9.17, 15) is 0 Å². The van der Waals surface area contributed by atoms with E-state index in [1.54, 1.807) is 7.11 Å². The maximum atomic E-state index is 5.20. The highest BCUT2D eigenvalue weighted by Crippen LogP contribution is 2.24. The minimum Gasteiger partial charge on any atom is -0.497 e. The molecule has 0 N–H and O–H groups in total. The van der Waals surface area contributed by atoms with Crippen molar-refractivity contribution in [3.63, 3.8) is 0 Å². The van der Waals surface area contributed by atoms with E-state index in [0.29, 0.717) is 0 Å². The van der Waals surface area contributed by atoms with Gasteiger partial charge in [-0.15, -0.1) is 0 Å². The normalized spacial score (nSPS) is 10.2. The summed E-state index contributed by atoms with van der Waals surface area (Å²) in [6.07, 6.45) is 2.13. The molecule has 0 amide bonds. The first-order valence-electron chi connectivity index (χ1n) is 4.32. The van der Waals surface area contributed by atoms with Gasteiger partial charge >= 0.3 is 0 Å². The summed E-state index contributed by atoms with van der Waals surface area (Å²) in [6, 6.07) is 4.19. The third kappa shape index (κ3) is 2.41. The zero-order chi connectivity index (χ0) is 9.84. The monoisotopic (exact) mass is 196 g/mol. The lowest BCUT2D eigenvalue weighted by molar-refractivity contribution is 0.414. The highest BCUT2D eigenvalue weighted by molar-refractivity contribution is 7.97. The lowest BCUT2D eigenvalue weighted by Crippen LogP contribution is -1.93. The van der Waals surface area contributed by atoms with Crippen LogP contribution in [0.5, 0.6) is 5.75 Å². The molecule has 2 heteroatoms. The fourth-order valence-corrected chi connectivity index (χ4v) is 2.19. The van der Waals surface area contributed by atoms with Crippen LogP contribution in [-0.4, -0.2) is 13.4 Å². The summed E-state index contributed by atoms with van der Waals surface area (Å²) >= 11 is 1.86. The SMILES string of the molecule is COc1cc(C)c(CSC)c(C)c1. The average molecular weight is 196 g/mol. The minimum absolute atomic E-state index is 0.958. The molecule has 0 fully saturated rings. The summed E-state index contributed by atoms with van der Waals surface area (Å²) in [5.41, 5.74) is 4.09. The molecule has 1 nitrogen and oxygen atoms in total. The summed E-state index contributed by atoms with van der Waals surface area (Å²) in [5, 5.41) is 0. The van der Waals surface area contributed by atoms with Crippen molar-refractivity contribution in [3.8, 4) is 5.75 Å². The predicted octanol–water partition coefficient (Wildman–Crippen LogP) is 3.18. The van der Waals surface area contributed by atoms with E-state index in [1.165, 1.54) is 16.7 Å². The van der Waals surface area contributed by atoms with Gasteiger partial charge in [0.2, 0.25) is 0 Å². The molecule has 1 aromatic rings. The van der Waals surface area contributed by atoms with Gasteiger partial charge in [0.15, 0.2) is 0 Å². The Kier molecular flexibility index (Phi) is 3.67. The van der Waals surface area contributed by atoms with E-state index in [4.69, 9.17) is 4.74 Å². The Morgan fingerprint density at radius 1 is 1.23 bits per heavy atom. The Bertz CT molecular complexity index is 271. The molecule has 13 heavy (non-hydrogen) atoms. The molecule has 72 valence electrons. The van der Waals surface area contributed by atoms with Crippen LogP contribution in [0.4, 0.5) is 0 Å². The smallest absolute Gasteiger partial charge is 0.119 e. The van der Waals surface area contributed by atoms with Gasteiger partial charge in [0.25, 0.3) is 0 Å². The molecule has 0 saturated carbocycles. The Hall–Kier alpha value is -0.630. The molecule has 0 saturated heterocycles. The number of rotatable bonds is 3. The van der Waals surface area contributed by atoms with Crippen molar-refractivity contribution in [3.05, 3.63) is 28.8 Å². The number of benzene rings is 1. The van der Waals surface area contributed by atoms with Gasteiger partial charge in [-0.05, 0) is 48.9 Å². The van der Waals surface area contributed by atoms with Crippen molar-refractivity contribution >= 4 is 11.8 Å². The summed E-state index contributed by atoms with van der Waals surface area (Å²) < 4.78 is 5.20. The standard InChI is InChI=1S/C11H16OS/c1-8-5-10(12-3)6-9(2)11(8)7-13-4/h5-6H,7H2,1-4H3. The van der Waals surface area contributed by atoms with E-state index in [2.05, 4.69) is 32.2 Å². The van der Waals surface area contributed by atoms with Gasteiger partial charge in [0.1, 0.15) is 5.75 Å². The van der Waals surface area contributed by atoms with Crippen LogP contribution in [0, 0.1) is 13.8 Å². The zero-order valence-electron chi connectivity index (χ0n) is 8.68. The first-order valence-corrected chi connectivity index (χ1v) is 5.71. The van der Waals surface area contributed by atoms with Gasteiger partial charge in [-0.25, -0.2) is 0 Å². The Labute approximate surface area is 84.5 Å². The third-order valence-corrected chi connectivity index (χ3v) is 2.77. The average Bonchev–Trinajstić information content (AvgIpc) is 2.11. The lowest BCUT2D eigenvalue weighted by atomic mass is 10.0. The third-order valence-electron chi connectivity index (χ3n) is 2.19. The van der Waals surface area contributed by atoms with Gasteiger partial charge in [0.05, 0.1) is 7.11 Å². The van der Waals surface area contributed by atoms with Crippen LogP contribution in [0.1, 0.15) is 16.7 Å². The zero-order valence-corrected chi connectivity index (χ0v) is 9.49. The second-order valence-electron chi connectivity index (χ2n) is 3.17. The van der Waals surface area contributed by atoms with Crippen LogP contribution in [0.25, 0.3) is 0 Å². The highest BCUT2D eigenvalue weighted by atomic mass is 32.2. The number of thioether (sulfide) groups is 1. The van der Waals surface area contributed by atoms with Gasteiger partial charge in [-0.2, -0.15) is 11.8 Å². The first kappa shape index (κ1) is 10.5. The molecule has 0 heterocycles. The largest absolute Gasteiger partial charge is 0.497 e. The maximum Gasteiger partial charge on any atom is 0.119 e. The van der Waals surface area contributed by atoms with Crippen molar-refractivity contribution in [1.29, 1.82) is 0 Å². The molecule has 0 aliphatic rings. The fraction of sp³-hybridized carbons (Fsp3) is 0.455. The number of hydrogen-bond acceptors (Lipinski definition) is 2. The summed E-state index contributed by atoms with van der Waals surface area (Å²) in [5.74, 6) is 2.04. The van der Waals surface area contributed by atoms with Gasteiger partial charge in [-0.3, -0.25) is 0 Å². The lowest BCUT2D eigenvalue weighted by Gasteiger charge is -2.10. The highest BCUT2D eigenvalue weighted by Gasteiger charge is 2.04. The van der Waals surface area contributed by atoms with E-state index in [1.807, 2.05) is 11.8 Å². The number of hydrogen-bond donors (Lipinski definition) is 0. The fourth-order valence-electron chi connectivity index (χ4n) is 1.44. The predicted molar refractivity (Wildman–Crippen MR) is 59.7 cm³/mol. The summed E-state index contributed by atoms with van der Waals surface area (Å²) in [4.78, 5) is 0. The Morgan fingerprint density at radius 2 is 1.77 bits per heavy atom. The molecule has 0 radical (unpaired) electrons. The Balaban J connectivity index is 3.07. The van der Waals surface area contributed by atoms with Crippen LogP contribution in [-0.2, 0) is 5.75 Å². The Morgan fingerprint density at radius 3 is 2.15 bits per heavy atom. The molecule has 1 aromatic carbocycles. The number of ether oxygens (including phenoxy) is 1. The van der Waals surface area contributed by atoms with Gasteiger partial charge < -0.3 is 4.74 Å². The maximum absolute atomic E-state index is 5.20. The van der Waals surface area contributed by atoms with Crippen molar-refractivity contribution in [2.45, 2.75) is 19.6 Å². The molecule has 0 atom stereocenters. The summed E-state index contributed by atoms with van der Waals surface area (Å²) in [7, 11) is 1.71. The van der Waals surface area contributed by atoms with Crippen molar-refractivity contribution in [2.24, 2.45) is 0 Å². The summed E-state index contributed by atoms with van der Waals surface area (Å²) in [6.45, 7) is 4.28. The number of aryl methyl sites for hydroxylation is 2. The number of methoxy groups -OCH3 is 1. The first-order chi connectivity index (χ1) is 6.19. The second kappa shape index (κ2) is 4.56. The minimum atomic E-state index is 0.958. The van der Waals surface area contributed by atoms with E-state index in [0.717, 1.165) is 11.5 Å². The molecule has 0 aliphatic heterocycles. The van der Waals surface area contributed by atoms with Crippen LogP contribution in [0.3, 0.4) is 0 Å². The molecular weight excluding hydrogens is 180 g/mol. The topological polar surface area (TPSA) is 9.23 Å². The van der Waals surface area contributed by atoms with Crippen molar-refractivity contribution in [2.75, 3.05) is 13.4 Å². The molecule has 0 bridgehead atoms. The van der Waals surface area contributed by atoms with Crippen LogP contribution in [0.2, 0.25) is 0 Å². The van der Waals surface area contributed by atoms with Gasteiger partial charge in [-0.1, -0.05) is 0 Å². The van der Waals surface area contributed by atoms with E-state index >= 15 is 0 Å². The van der Waals surface area contributed by atoms with E-state index < -0.39 is 0 Å². The molecule has 0 spiro atoms. The van der Waals surface area contributed by atoms with Crippen molar-refractivity contribution < 1.29 is 4.74 Å². The quantitative estimate of drug-likeness (QED) is 0.734. The van der Waals surface area contributed by atoms with Crippen LogP contribution >= 0.6 is 11.8 Å². The molecule has 0 aromatic heterocycles. The van der Waals surface area contributed by atoms with Gasteiger partial charge in [0, 0.05) is 5.75 Å². The second-order valence-corrected chi connectivity index (χ2v) is 4.04. The molecule has 0 unspecified atom stereocenters. The van der Waals surface area contributed by atoms with Crippen LogP contribution < -0.4 is 4.74 Å².